The van der Waals surface area contributed by atoms with Crippen molar-refractivity contribution in [2.75, 3.05) is 17.2 Å². The van der Waals surface area contributed by atoms with Crippen LogP contribution in [0.3, 0.4) is 0 Å². The van der Waals surface area contributed by atoms with Crippen LogP contribution in [0.2, 0.25) is 0 Å². The van der Waals surface area contributed by atoms with E-state index in [1.807, 2.05) is 69.3 Å². The van der Waals surface area contributed by atoms with Crippen molar-refractivity contribution in [3.05, 3.63) is 59.7 Å². The van der Waals surface area contributed by atoms with E-state index in [0.29, 0.717) is 6.42 Å². The summed E-state index contributed by atoms with van der Waals surface area (Å²) < 4.78 is 0. The van der Waals surface area contributed by atoms with E-state index < -0.39 is 0 Å². The van der Waals surface area contributed by atoms with Gasteiger partial charge in [-0.3, -0.25) is 9.59 Å². The zero-order chi connectivity index (χ0) is 17.5. The minimum Gasteiger partial charge on any atom is -0.376 e. The number of rotatable bonds is 7. The fourth-order valence-corrected chi connectivity index (χ4v) is 2.26. The number of amides is 1. The van der Waals surface area contributed by atoms with Gasteiger partial charge in [0.15, 0.2) is 0 Å². The lowest BCUT2D eigenvalue weighted by atomic mass is 10.0. The van der Waals surface area contributed by atoms with Crippen molar-refractivity contribution in [2.24, 2.45) is 5.92 Å². The van der Waals surface area contributed by atoms with Crippen LogP contribution in [0.4, 0.5) is 11.4 Å². The molecule has 0 aliphatic rings. The number of carbonyl (C=O) groups excluding carboxylic acids is 2. The molecule has 0 saturated heterocycles. The fourth-order valence-electron chi connectivity index (χ4n) is 2.26. The van der Waals surface area contributed by atoms with Gasteiger partial charge >= 0.3 is 0 Å². The molecule has 0 aliphatic carbocycles. The molecule has 0 atom stereocenters. The van der Waals surface area contributed by atoms with Gasteiger partial charge in [0.1, 0.15) is 5.78 Å². The van der Waals surface area contributed by atoms with E-state index in [4.69, 9.17) is 0 Å². The standard InChI is InChI=1S/C20H24N2O2/c1-14(2)19(23)12-16-8-10-17(11-9-16)22-20(24)13-21-18-7-5-4-6-15(18)3/h4-11,14,21H,12-13H2,1-3H3,(H,22,24). The van der Waals surface area contributed by atoms with Crippen LogP contribution in [-0.2, 0) is 16.0 Å². The van der Waals surface area contributed by atoms with Gasteiger partial charge in [-0.05, 0) is 36.2 Å². The molecule has 24 heavy (non-hydrogen) atoms. The van der Waals surface area contributed by atoms with Gasteiger partial charge in [-0.15, -0.1) is 0 Å². The summed E-state index contributed by atoms with van der Waals surface area (Å²) in [5.74, 6) is 0.148. The Morgan fingerprint density at radius 3 is 2.29 bits per heavy atom. The molecule has 0 unspecified atom stereocenters. The summed E-state index contributed by atoms with van der Waals surface area (Å²) in [6.07, 6.45) is 0.431. The maximum absolute atomic E-state index is 12.0. The normalized spacial score (nSPS) is 10.5. The summed E-state index contributed by atoms with van der Waals surface area (Å²) in [5.41, 5.74) is 3.75. The van der Waals surface area contributed by atoms with Crippen molar-refractivity contribution < 1.29 is 9.59 Å². The molecule has 0 heterocycles. The zero-order valence-electron chi connectivity index (χ0n) is 14.4. The predicted molar refractivity (Wildman–Crippen MR) is 98.3 cm³/mol. The SMILES string of the molecule is Cc1ccccc1NCC(=O)Nc1ccc(CC(=O)C(C)C)cc1. The minimum atomic E-state index is -0.107. The van der Waals surface area contributed by atoms with Crippen LogP contribution in [0.1, 0.15) is 25.0 Å². The monoisotopic (exact) mass is 324 g/mol. The average molecular weight is 324 g/mol. The Morgan fingerprint density at radius 2 is 1.67 bits per heavy atom. The van der Waals surface area contributed by atoms with Crippen molar-refractivity contribution >= 4 is 23.1 Å². The van der Waals surface area contributed by atoms with Crippen LogP contribution in [0.5, 0.6) is 0 Å². The Kier molecular flexibility index (Phi) is 6.13. The smallest absolute Gasteiger partial charge is 0.243 e. The van der Waals surface area contributed by atoms with Gasteiger partial charge in [-0.25, -0.2) is 0 Å². The maximum Gasteiger partial charge on any atom is 0.243 e. The van der Waals surface area contributed by atoms with Gasteiger partial charge < -0.3 is 10.6 Å². The molecule has 4 heteroatoms. The molecular weight excluding hydrogens is 300 g/mol. The molecule has 0 spiro atoms. The quantitative estimate of drug-likeness (QED) is 0.814. The lowest BCUT2D eigenvalue weighted by Crippen LogP contribution is -2.22. The Balaban J connectivity index is 1.86. The first kappa shape index (κ1) is 17.7. The molecule has 0 fully saturated rings. The van der Waals surface area contributed by atoms with Crippen molar-refractivity contribution in [1.82, 2.24) is 0 Å². The van der Waals surface area contributed by atoms with Crippen LogP contribution in [-0.4, -0.2) is 18.2 Å². The van der Waals surface area contributed by atoms with Gasteiger partial charge in [0.05, 0.1) is 6.54 Å². The molecule has 2 rings (SSSR count). The number of anilines is 2. The number of nitrogens with one attached hydrogen (secondary N) is 2. The Bertz CT molecular complexity index is 706. The predicted octanol–water partition coefficient (Wildman–Crippen LogP) is 3.81. The molecule has 0 aromatic heterocycles. The summed E-state index contributed by atoms with van der Waals surface area (Å²) in [6, 6.07) is 15.3. The van der Waals surface area contributed by atoms with Crippen molar-refractivity contribution in [2.45, 2.75) is 27.2 Å². The van der Waals surface area contributed by atoms with Crippen LogP contribution in [0.15, 0.2) is 48.5 Å². The third kappa shape index (κ3) is 5.23. The van der Waals surface area contributed by atoms with E-state index in [-0.39, 0.29) is 24.2 Å². The Hall–Kier alpha value is -2.62. The topological polar surface area (TPSA) is 58.2 Å². The second-order valence-corrected chi connectivity index (χ2v) is 6.21. The molecule has 2 N–H and O–H groups in total. The van der Waals surface area contributed by atoms with Crippen molar-refractivity contribution in [3.8, 4) is 0 Å². The van der Waals surface area contributed by atoms with Crippen LogP contribution >= 0.6 is 0 Å². The summed E-state index contributed by atoms with van der Waals surface area (Å²) >= 11 is 0. The second kappa shape index (κ2) is 8.29. The van der Waals surface area contributed by atoms with E-state index in [0.717, 1.165) is 22.5 Å². The van der Waals surface area contributed by atoms with Crippen LogP contribution in [0, 0.1) is 12.8 Å². The summed E-state index contributed by atoms with van der Waals surface area (Å²) in [7, 11) is 0. The minimum absolute atomic E-state index is 0.0388. The number of hydrogen-bond acceptors (Lipinski definition) is 3. The number of aryl methyl sites for hydroxylation is 1. The van der Waals surface area contributed by atoms with E-state index in [1.165, 1.54) is 0 Å². The number of ketones is 1. The largest absolute Gasteiger partial charge is 0.376 e. The molecule has 0 radical (unpaired) electrons. The van der Waals surface area contributed by atoms with Gasteiger partial charge in [-0.2, -0.15) is 0 Å². The number of hydrogen-bond donors (Lipinski definition) is 2. The first-order valence-corrected chi connectivity index (χ1v) is 8.16. The molecule has 2 aromatic carbocycles. The highest BCUT2D eigenvalue weighted by Crippen LogP contribution is 2.14. The molecule has 0 saturated carbocycles. The van der Waals surface area contributed by atoms with Crippen molar-refractivity contribution in [3.63, 3.8) is 0 Å². The molecule has 0 bridgehead atoms. The number of para-hydroxylation sites is 1. The highest BCUT2D eigenvalue weighted by atomic mass is 16.2. The summed E-state index contributed by atoms with van der Waals surface area (Å²) in [5, 5.41) is 5.97. The van der Waals surface area contributed by atoms with Crippen LogP contribution < -0.4 is 10.6 Å². The molecule has 2 aromatic rings. The van der Waals surface area contributed by atoms with Gasteiger partial charge in [-0.1, -0.05) is 44.2 Å². The fraction of sp³-hybridized carbons (Fsp3) is 0.300. The first-order chi connectivity index (χ1) is 11.5. The molecule has 1 amide bonds. The number of benzene rings is 2. The Labute approximate surface area is 143 Å². The third-order valence-electron chi connectivity index (χ3n) is 3.84. The third-order valence-corrected chi connectivity index (χ3v) is 3.84. The van der Waals surface area contributed by atoms with Crippen molar-refractivity contribution in [1.29, 1.82) is 0 Å². The highest BCUT2D eigenvalue weighted by molar-refractivity contribution is 5.94. The number of carbonyl (C=O) groups is 2. The second-order valence-electron chi connectivity index (χ2n) is 6.21. The van der Waals surface area contributed by atoms with E-state index >= 15 is 0 Å². The molecule has 4 nitrogen and oxygen atoms in total. The molecule has 0 aliphatic heterocycles. The zero-order valence-corrected chi connectivity index (χ0v) is 14.4. The summed E-state index contributed by atoms with van der Waals surface area (Å²) in [4.78, 5) is 23.8. The molecular formula is C20H24N2O2. The molecule has 126 valence electrons. The average Bonchev–Trinajstić information content (AvgIpc) is 2.56. The van der Waals surface area contributed by atoms with E-state index in [2.05, 4.69) is 10.6 Å². The maximum atomic E-state index is 12.0. The van der Waals surface area contributed by atoms with Crippen LogP contribution in [0.25, 0.3) is 0 Å². The Morgan fingerprint density at radius 1 is 1.00 bits per heavy atom. The number of Topliss-reactive ketones (excluding diaryl/α,β-unsaturated/α-hetero) is 1. The first-order valence-electron chi connectivity index (χ1n) is 8.16. The lowest BCUT2D eigenvalue weighted by molar-refractivity contribution is -0.121. The van der Waals surface area contributed by atoms with Gasteiger partial charge in [0, 0.05) is 23.7 Å². The van der Waals surface area contributed by atoms with E-state index in [1.54, 1.807) is 0 Å². The van der Waals surface area contributed by atoms with Gasteiger partial charge in [0.2, 0.25) is 5.91 Å². The highest BCUT2D eigenvalue weighted by Gasteiger charge is 2.08. The summed E-state index contributed by atoms with van der Waals surface area (Å²) in [6.45, 7) is 6.01. The lowest BCUT2D eigenvalue weighted by Gasteiger charge is -2.10. The van der Waals surface area contributed by atoms with Gasteiger partial charge in [0.25, 0.3) is 0 Å². The van der Waals surface area contributed by atoms with E-state index in [9.17, 15) is 9.59 Å².